The van der Waals surface area contributed by atoms with Gasteiger partial charge in [-0.25, -0.2) is 9.37 Å². The lowest BCUT2D eigenvalue weighted by Gasteiger charge is -2.33. The third kappa shape index (κ3) is 6.02. The fraction of sp³-hybridized carbons (Fsp3) is 0.391. The van der Waals surface area contributed by atoms with E-state index in [1.165, 1.54) is 41.4 Å². The monoisotopic (exact) mass is 471 g/mol. The quantitative estimate of drug-likeness (QED) is 0.627. The van der Waals surface area contributed by atoms with Crippen molar-refractivity contribution >= 4 is 46.0 Å². The van der Waals surface area contributed by atoms with Crippen molar-refractivity contribution < 1.29 is 18.8 Å². The number of amides is 3. The smallest absolute Gasteiger partial charge is 0.246 e. The lowest BCUT2D eigenvalue weighted by Crippen LogP contribution is -2.51. The molecule has 2 aliphatic rings. The van der Waals surface area contributed by atoms with Crippen LogP contribution in [0.3, 0.4) is 0 Å². The highest BCUT2D eigenvalue weighted by molar-refractivity contribution is 7.14. The molecule has 1 saturated carbocycles. The van der Waals surface area contributed by atoms with Crippen molar-refractivity contribution in [3.05, 3.63) is 47.2 Å². The molecule has 0 radical (unpaired) electrons. The van der Waals surface area contributed by atoms with Gasteiger partial charge in [0.25, 0.3) is 0 Å². The Morgan fingerprint density at radius 3 is 2.61 bits per heavy atom. The summed E-state index contributed by atoms with van der Waals surface area (Å²) >= 11 is 1.20. The number of rotatable bonds is 7. The number of nitrogens with one attached hydrogen (secondary N) is 1. The number of benzene rings is 1. The number of para-hydroxylation sites is 1. The van der Waals surface area contributed by atoms with Crippen LogP contribution in [0.1, 0.15) is 25.5 Å². The summed E-state index contributed by atoms with van der Waals surface area (Å²) in [6.07, 6.45) is 5.18. The Morgan fingerprint density at radius 2 is 1.94 bits per heavy atom. The van der Waals surface area contributed by atoms with Gasteiger partial charge in [-0.15, -0.1) is 11.3 Å². The van der Waals surface area contributed by atoms with E-state index in [2.05, 4.69) is 15.2 Å². The molecule has 0 spiro atoms. The highest BCUT2D eigenvalue weighted by atomic mass is 32.1. The summed E-state index contributed by atoms with van der Waals surface area (Å²) < 4.78 is 14.2. The Kier molecular flexibility index (Phi) is 7.14. The zero-order chi connectivity index (χ0) is 23.4. The van der Waals surface area contributed by atoms with Crippen molar-refractivity contribution in [2.45, 2.75) is 25.8 Å². The van der Waals surface area contributed by atoms with E-state index in [4.69, 9.17) is 0 Å². The third-order valence-electron chi connectivity index (χ3n) is 5.50. The van der Waals surface area contributed by atoms with Gasteiger partial charge in [-0.2, -0.15) is 0 Å². The maximum atomic E-state index is 14.2. The van der Waals surface area contributed by atoms with Crippen LogP contribution in [-0.2, 0) is 14.4 Å². The average molecular weight is 472 g/mol. The van der Waals surface area contributed by atoms with E-state index >= 15 is 0 Å². The van der Waals surface area contributed by atoms with E-state index in [1.807, 2.05) is 0 Å². The van der Waals surface area contributed by atoms with Crippen molar-refractivity contribution in [2.24, 2.45) is 0 Å². The number of carbonyl (C=O) groups is 3. The van der Waals surface area contributed by atoms with Gasteiger partial charge in [0.1, 0.15) is 5.82 Å². The van der Waals surface area contributed by atoms with Crippen molar-refractivity contribution in [1.29, 1.82) is 0 Å². The van der Waals surface area contributed by atoms with Gasteiger partial charge in [0.15, 0.2) is 5.13 Å². The van der Waals surface area contributed by atoms with E-state index in [0.717, 1.165) is 12.8 Å². The number of piperazine rings is 1. The summed E-state index contributed by atoms with van der Waals surface area (Å²) in [5.74, 6) is -0.959. The van der Waals surface area contributed by atoms with Crippen molar-refractivity contribution in [1.82, 2.24) is 20.1 Å². The minimum absolute atomic E-state index is 0.0477. The first-order chi connectivity index (χ1) is 15.9. The summed E-state index contributed by atoms with van der Waals surface area (Å²) in [6, 6.07) is 6.37. The molecule has 8 nitrogen and oxygen atoms in total. The number of nitrogens with zero attached hydrogens (tertiary/aromatic N) is 4. The Balaban J connectivity index is 1.32. The second kappa shape index (κ2) is 10.2. The van der Waals surface area contributed by atoms with E-state index in [0.29, 0.717) is 49.6 Å². The van der Waals surface area contributed by atoms with Crippen molar-refractivity contribution in [2.75, 3.05) is 37.6 Å². The van der Waals surface area contributed by atoms with Gasteiger partial charge < -0.3 is 10.2 Å². The van der Waals surface area contributed by atoms with Crippen LogP contribution >= 0.6 is 11.3 Å². The average Bonchev–Trinajstić information content (AvgIpc) is 3.48. The molecule has 10 heteroatoms. The van der Waals surface area contributed by atoms with Gasteiger partial charge in [0, 0.05) is 50.6 Å². The summed E-state index contributed by atoms with van der Waals surface area (Å²) in [5.41, 5.74) is 0.649. The lowest BCUT2D eigenvalue weighted by atomic mass is 10.3. The molecular formula is C23H26FN5O3S. The number of carbonyl (C=O) groups excluding carboxylic acids is 3. The van der Waals surface area contributed by atoms with Crippen LogP contribution < -0.4 is 10.2 Å². The summed E-state index contributed by atoms with van der Waals surface area (Å²) in [5, 5.41) is 5.03. The van der Waals surface area contributed by atoms with Crippen LogP contribution in [0, 0.1) is 5.82 Å². The van der Waals surface area contributed by atoms with E-state index < -0.39 is 5.82 Å². The molecule has 1 aromatic heterocycles. The van der Waals surface area contributed by atoms with E-state index in [1.54, 1.807) is 28.5 Å². The first kappa shape index (κ1) is 23.1. The third-order valence-corrected chi connectivity index (χ3v) is 6.34. The summed E-state index contributed by atoms with van der Waals surface area (Å²) in [6.45, 7) is 4.11. The molecule has 174 valence electrons. The largest absolute Gasteiger partial charge is 0.352 e. The van der Waals surface area contributed by atoms with Crippen LogP contribution in [0.4, 0.5) is 15.2 Å². The molecule has 2 fully saturated rings. The number of thiazole rings is 1. The molecule has 2 aromatic rings. The summed E-state index contributed by atoms with van der Waals surface area (Å²) in [4.78, 5) is 46.1. The van der Waals surface area contributed by atoms with E-state index in [-0.39, 0.29) is 23.4 Å². The molecule has 1 aliphatic carbocycles. The molecule has 33 heavy (non-hydrogen) atoms. The van der Waals surface area contributed by atoms with Gasteiger partial charge in [-0.1, -0.05) is 12.1 Å². The fourth-order valence-corrected chi connectivity index (χ4v) is 4.44. The number of anilines is 2. The normalized spacial score (nSPS) is 16.7. The Morgan fingerprint density at radius 1 is 1.21 bits per heavy atom. The maximum absolute atomic E-state index is 14.2. The van der Waals surface area contributed by atoms with Crippen LogP contribution in [0.2, 0.25) is 0 Å². The second-order valence-electron chi connectivity index (χ2n) is 8.14. The molecule has 1 aromatic carbocycles. The zero-order valence-electron chi connectivity index (χ0n) is 18.4. The maximum Gasteiger partial charge on any atom is 0.246 e. The molecular weight excluding hydrogens is 445 g/mol. The van der Waals surface area contributed by atoms with E-state index in [9.17, 15) is 18.8 Å². The molecule has 1 aliphatic heterocycles. The molecule has 4 rings (SSSR count). The van der Waals surface area contributed by atoms with Crippen LogP contribution in [0.25, 0.3) is 6.08 Å². The van der Waals surface area contributed by atoms with Crippen LogP contribution in [0.5, 0.6) is 0 Å². The fourth-order valence-electron chi connectivity index (χ4n) is 3.59. The SMILES string of the molecule is CC(=O)N(c1nc(C=CC(=O)N2CCN(CC(=O)NC3CC3)CC2)cs1)c1ccccc1F. The molecule has 2 heterocycles. The molecule has 1 N–H and O–H groups in total. The lowest BCUT2D eigenvalue weighted by molar-refractivity contribution is -0.128. The Labute approximate surface area is 195 Å². The highest BCUT2D eigenvalue weighted by Crippen LogP contribution is 2.31. The van der Waals surface area contributed by atoms with Gasteiger partial charge in [0.2, 0.25) is 17.7 Å². The highest BCUT2D eigenvalue weighted by Gasteiger charge is 2.26. The van der Waals surface area contributed by atoms with Crippen molar-refractivity contribution in [3.63, 3.8) is 0 Å². The molecule has 3 amide bonds. The number of hydrogen-bond acceptors (Lipinski definition) is 6. The standard InChI is InChI=1S/C23H26FN5O3S/c1-16(30)29(20-5-3-2-4-19(20)24)23-26-18(15-33-23)8-9-22(32)28-12-10-27(11-13-28)14-21(31)25-17-6-7-17/h2-5,8-9,15,17H,6-7,10-14H2,1H3,(H,25,31). The Bertz CT molecular complexity index is 1060. The first-order valence-electron chi connectivity index (χ1n) is 10.9. The minimum Gasteiger partial charge on any atom is -0.352 e. The predicted molar refractivity (Wildman–Crippen MR) is 125 cm³/mol. The topological polar surface area (TPSA) is 85.9 Å². The predicted octanol–water partition coefficient (Wildman–Crippen LogP) is 2.40. The minimum atomic E-state index is -0.515. The number of aromatic nitrogens is 1. The second-order valence-corrected chi connectivity index (χ2v) is 8.97. The van der Waals surface area contributed by atoms with Crippen LogP contribution in [-0.4, -0.2) is 71.3 Å². The van der Waals surface area contributed by atoms with Gasteiger partial charge in [-0.05, 0) is 31.1 Å². The summed E-state index contributed by atoms with van der Waals surface area (Å²) in [7, 11) is 0. The van der Waals surface area contributed by atoms with Crippen LogP contribution in [0.15, 0.2) is 35.7 Å². The van der Waals surface area contributed by atoms with Gasteiger partial charge in [0.05, 0.1) is 17.9 Å². The van der Waals surface area contributed by atoms with Gasteiger partial charge in [-0.3, -0.25) is 24.2 Å². The number of halogens is 1. The first-order valence-corrected chi connectivity index (χ1v) is 11.8. The molecule has 1 saturated heterocycles. The molecule has 0 unspecified atom stereocenters. The molecule has 0 bridgehead atoms. The molecule has 0 atom stereocenters. The van der Waals surface area contributed by atoms with Gasteiger partial charge >= 0.3 is 0 Å². The number of hydrogen-bond donors (Lipinski definition) is 1. The zero-order valence-corrected chi connectivity index (χ0v) is 19.2. The van der Waals surface area contributed by atoms with Crippen molar-refractivity contribution in [3.8, 4) is 0 Å². The Hall–Kier alpha value is -3.11.